The van der Waals surface area contributed by atoms with Gasteiger partial charge in [-0.05, 0) is 66.7 Å². The fourth-order valence-electron chi connectivity index (χ4n) is 3.59. The molecule has 0 saturated carbocycles. The van der Waals surface area contributed by atoms with Gasteiger partial charge in [0, 0.05) is 18.3 Å². The van der Waals surface area contributed by atoms with Crippen LogP contribution in [0.4, 0.5) is 4.39 Å². The molecule has 3 aromatic rings. The van der Waals surface area contributed by atoms with Crippen LogP contribution in [0, 0.1) is 11.7 Å². The quantitative estimate of drug-likeness (QED) is 0.608. The molecule has 1 aromatic carbocycles. The Hall–Kier alpha value is -2.73. The number of benzene rings is 1. The van der Waals surface area contributed by atoms with Gasteiger partial charge in [-0.2, -0.15) is 0 Å². The molecule has 1 aliphatic rings. The molecule has 144 valence electrons. The molecule has 0 unspecified atom stereocenters. The molecule has 4 rings (SSSR count). The van der Waals surface area contributed by atoms with Crippen LogP contribution in [-0.4, -0.2) is 21.5 Å². The van der Waals surface area contributed by atoms with Gasteiger partial charge in [0.2, 0.25) is 0 Å². The van der Waals surface area contributed by atoms with E-state index in [1.807, 2.05) is 30.3 Å². The van der Waals surface area contributed by atoms with Gasteiger partial charge in [0.1, 0.15) is 23.4 Å². The fraction of sp³-hybridized carbons (Fsp3) is 0.273. The Labute approximate surface area is 169 Å². The number of hydrogen-bond acceptors (Lipinski definition) is 3. The van der Waals surface area contributed by atoms with Crippen molar-refractivity contribution in [1.82, 2.24) is 15.2 Å². The van der Waals surface area contributed by atoms with Gasteiger partial charge in [0.15, 0.2) is 5.11 Å². The van der Waals surface area contributed by atoms with Gasteiger partial charge in [-0.15, -0.1) is 0 Å². The Morgan fingerprint density at radius 2 is 1.93 bits per heavy atom. The molecular formula is C22H22FN3OS. The number of nitrogens with one attached hydrogen (secondary N) is 1. The highest BCUT2D eigenvalue weighted by Crippen LogP contribution is 2.40. The Morgan fingerprint density at radius 1 is 1.14 bits per heavy atom. The van der Waals surface area contributed by atoms with Gasteiger partial charge in [-0.1, -0.05) is 19.9 Å². The first-order chi connectivity index (χ1) is 13.5. The maximum absolute atomic E-state index is 13.2. The van der Waals surface area contributed by atoms with Gasteiger partial charge >= 0.3 is 0 Å². The summed E-state index contributed by atoms with van der Waals surface area (Å²) in [5.74, 6) is 1.69. The largest absolute Gasteiger partial charge is 0.459 e. The third kappa shape index (κ3) is 3.64. The Balaban J connectivity index is 1.72. The molecule has 2 atom stereocenters. The number of aromatic nitrogens is 1. The number of pyridine rings is 1. The highest BCUT2D eigenvalue weighted by molar-refractivity contribution is 7.80. The van der Waals surface area contributed by atoms with E-state index >= 15 is 0 Å². The third-order valence-corrected chi connectivity index (χ3v) is 5.16. The summed E-state index contributed by atoms with van der Waals surface area (Å²) in [5.41, 5.74) is 1.76. The number of rotatable bonds is 5. The van der Waals surface area contributed by atoms with E-state index in [0.29, 0.717) is 16.8 Å². The normalized spacial score (nSPS) is 19.3. The molecule has 4 nitrogen and oxygen atoms in total. The maximum atomic E-state index is 13.2. The summed E-state index contributed by atoms with van der Waals surface area (Å²) in [5, 5.41) is 4.12. The molecule has 3 heterocycles. The molecule has 6 heteroatoms. The second-order valence-corrected chi connectivity index (χ2v) is 7.77. The summed E-state index contributed by atoms with van der Waals surface area (Å²) in [4.78, 5) is 6.70. The molecule has 0 aliphatic carbocycles. The van der Waals surface area contributed by atoms with E-state index in [0.717, 1.165) is 23.6 Å². The zero-order valence-corrected chi connectivity index (χ0v) is 16.6. The van der Waals surface area contributed by atoms with Crippen LogP contribution in [0.1, 0.15) is 37.4 Å². The van der Waals surface area contributed by atoms with Crippen molar-refractivity contribution in [3.05, 3.63) is 78.1 Å². The molecular weight excluding hydrogens is 373 g/mol. The predicted molar refractivity (Wildman–Crippen MR) is 111 cm³/mol. The van der Waals surface area contributed by atoms with Crippen molar-refractivity contribution in [2.75, 3.05) is 6.54 Å². The predicted octanol–water partition coefficient (Wildman–Crippen LogP) is 5.11. The van der Waals surface area contributed by atoms with Gasteiger partial charge in [0.25, 0.3) is 0 Å². The lowest BCUT2D eigenvalue weighted by Crippen LogP contribution is -2.32. The van der Waals surface area contributed by atoms with Crippen LogP contribution in [-0.2, 0) is 0 Å². The van der Waals surface area contributed by atoms with E-state index in [4.69, 9.17) is 16.6 Å². The minimum absolute atomic E-state index is 0.0975. The van der Waals surface area contributed by atoms with Crippen molar-refractivity contribution in [2.45, 2.75) is 25.9 Å². The van der Waals surface area contributed by atoms with Crippen LogP contribution >= 0.6 is 12.2 Å². The van der Waals surface area contributed by atoms with Crippen molar-refractivity contribution >= 4 is 17.3 Å². The van der Waals surface area contributed by atoms with Crippen LogP contribution in [0.2, 0.25) is 0 Å². The van der Waals surface area contributed by atoms with Crippen LogP contribution in [0.3, 0.4) is 0 Å². The summed E-state index contributed by atoms with van der Waals surface area (Å²) >= 11 is 5.63. The standard InChI is InChI=1S/C22H22FN3OS/c1-14(2)13-26-21(20(25-22(26)28)17-5-3-4-12-24-17)19-11-10-18(27-19)15-6-8-16(23)9-7-15/h3-12,14,20-21H,13H2,1-2H3,(H,25,28)/t20-,21-/m0/s1. The van der Waals surface area contributed by atoms with E-state index in [2.05, 4.69) is 29.0 Å². The monoisotopic (exact) mass is 395 g/mol. The summed E-state index contributed by atoms with van der Waals surface area (Å²) < 4.78 is 19.5. The first-order valence-corrected chi connectivity index (χ1v) is 9.77. The smallest absolute Gasteiger partial charge is 0.170 e. The molecule has 28 heavy (non-hydrogen) atoms. The van der Waals surface area contributed by atoms with E-state index in [9.17, 15) is 4.39 Å². The van der Waals surface area contributed by atoms with Gasteiger partial charge < -0.3 is 14.6 Å². The lowest BCUT2D eigenvalue weighted by atomic mass is 10.0. The number of halogens is 1. The molecule has 0 amide bonds. The summed E-state index contributed by atoms with van der Waals surface area (Å²) in [6.07, 6.45) is 1.79. The molecule has 1 aliphatic heterocycles. The second-order valence-electron chi connectivity index (χ2n) is 7.38. The van der Waals surface area contributed by atoms with E-state index in [1.54, 1.807) is 18.3 Å². The van der Waals surface area contributed by atoms with Gasteiger partial charge in [-0.3, -0.25) is 4.98 Å². The summed E-state index contributed by atoms with van der Waals surface area (Å²) in [6.45, 7) is 5.14. The zero-order chi connectivity index (χ0) is 19.7. The molecule has 1 saturated heterocycles. The minimum Gasteiger partial charge on any atom is -0.459 e. The van der Waals surface area contributed by atoms with Gasteiger partial charge in [-0.25, -0.2) is 4.39 Å². The first kappa shape index (κ1) is 18.6. The van der Waals surface area contributed by atoms with Crippen molar-refractivity contribution < 1.29 is 8.81 Å². The minimum atomic E-state index is -0.265. The van der Waals surface area contributed by atoms with Crippen molar-refractivity contribution in [3.8, 4) is 11.3 Å². The van der Waals surface area contributed by atoms with Crippen molar-refractivity contribution in [3.63, 3.8) is 0 Å². The maximum Gasteiger partial charge on any atom is 0.170 e. The van der Waals surface area contributed by atoms with Crippen LogP contribution in [0.5, 0.6) is 0 Å². The van der Waals surface area contributed by atoms with Crippen LogP contribution < -0.4 is 5.32 Å². The van der Waals surface area contributed by atoms with E-state index in [1.165, 1.54) is 12.1 Å². The highest BCUT2D eigenvalue weighted by Gasteiger charge is 2.41. The van der Waals surface area contributed by atoms with Crippen LogP contribution in [0.25, 0.3) is 11.3 Å². The Bertz CT molecular complexity index is 955. The topological polar surface area (TPSA) is 41.3 Å². The molecule has 2 aromatic heterocycles. The lowest BCUT2D eigenvalue weighted by molar-refractivity contribution is 0.253. The Kier molecular flexibility index (Phi) is 5.13. The van der Waals surface area contributed by atoms with Crippen molar-refractivity contribution in [1.29, 1.82) is 0 Å². The fourth-order valence-corrected chi connectivity index (χ4v) is 3.90. The summed E-state index contributed by atoms with van der Waals surface area (Å²) in [6, 6.07) is 15.9. The van der Waals surface area contributed by atoms with Crippen molar-refractivity contribution in [2.24, 2.45) is 5.92 Å². The van der Waals surface area contributed by atoms with Gasteiger partial charge in [0.05, 0.1) is 11.7 Å². The number of furan rings is 1. The van der Waals surface area contributed by atoms with Crippen LogP contribution in [0.15, 0.2) is 65.2 Å². The number of thiocarbonyl (C=S) groups is 1. The average molecular weight is 396 g/mol. The lowest BCUT2D eigenvalue weighted by Gasteiger charge is -2.27. The SMILES string of the molecule is CC(C)CN1C(=S)N[C@@H](c2ccccn2)[C@@H]1c1ccc(-c2ccc(F)cc2)o1. The molecule has 1 fully saturated rings. The molecule has 0 bridgehead atoms. The molecule has 1 N–H and O–H groups in total. The Morgan fingerprint density at radius 3 is 2.61 bits per heavy atom. The average Bonchev–Trinajstić information content (AvgIpc) is 3.28. The number of nitrogens with zero attached hydrogens (tertiary/aromatic N) is 2. The second kappa shape index (κ2) is 7.72. The first-order valence-electron chi connectivity index (χ1n) is 9.36. The van der Waals surface area contributed by atoms with E-state index < -0.39 is 0 Å². The highest BCUT2D eigenvalue weighted by atomic mass is 32.1. The van der Waals surface area contributed by atoms with E-state index in [-0.39, 0.29) is 17.9 Å². The zero-order valence-electron chi connectivity index (χ0n) is 15.8. The number of hydrogen-bond donors (Lipinski definition) is 1. The third-order valence-electron chi connectivity index (χ3n) is 4.81. The molecule has 0 spiro atoms. The molecule has 0 radical (unpaired) electrons. The summed E-state index contributed by atoms with van der Waals surface area (Å²) in [7, 11) is 0.